The highest BCUT2D eigenvalue weighted by molar-refractivity contribution is 9.10. The zero-order valence-corrected chi connectivity index (χ0v) is 25.9. The van der Waals surface area contributed by atoms with E-state index < -0.39 is 5.92 Å². The molecule has 0 spiro atoms. The molecule has 2 aromatic heterocycles. The number of hydrogen-bond acceptors (Lipinski definition) is 6. The van der Waals surface area contributed by atoms with Crippen LogP contribution in [0, 0.1) is 0 Å². The molecule has 3 N–H and O–H groups in total. The van der Waals surface area contributed by atoms with E-state index in [1.807, 2.05) is 85.9 Å². The maximum Gasteiger partial charge on any atom is 0.228 e. The lowest BCUT2D eigenvalue weighted by Crippen LogP contribution is -2.42. The molecule has 3 aromatic carbocycles. The zero-order valence-electron chi connectivity index (χ0n) is 24.3. The number of para-hydroxylation sites is 2. The predicted octanol–water partition coefficient (Wildman–Crippen LogP) is 6.84. The number of nitrogens with zero attached hydrogens (tertiary/aromatic N) is 3. The summed E-state index contributed by atoms with van der Waals surface area (Å²) in [7, 11) is 3.98. The number of H-pyrrole nitrogens is 1. The summed E-state index contributed by atoms with van der Waals surface area (Å²) in [6, 6.07) is 23.5. The highest BCUT2D eigenvalue weighted by Crippen LogP contribution is 2.31. The maximum absolute atomic E-state index is 13.8. The molecule has 9 heteroatoms. The van der Waals surface area contributed by atoms with Gasteiger partial charge in [-0.1, -0.05) is 58.4 Å². The van der Waals surface area contributed by atoms with Gasteiger partial charge in [0.25, 0.3) is 0 Å². The van der Waals surface area contributed by atoms with Crippen LogP contribution in [0.15, 0.2) is 83.5 Å². The number of aromatic amines is 1. The van der Waals surface area contributed by atoms with Gasteiger partial charge in [-0.05, 0) is 61.6 Å². The molecular formula is C34H35BrN6O2. The van der Waals surface area contributed by atoms with Crippen molar-refractivity contribution in [3.63, 3.8) is 0 Å². The van der Waals surface area contributed by atoms with E-state index in [0.717, 1.165) is 63.3 Å². The second-order valence-corrected chi connectivity index (χ2v) is 12.4. The number of Topliss-reactive ketones (excluding diaryl/α,β-unsaturated/α-hetero) is 1. The standard InChI is InChI=1S/C34H35BrN6O2/c1-41(2)32-26-8-4-6-10-30(26)39-34(40-32)38-24-17-15-23(16-18-24)37-33(43)27(19-31(42)21-11-13-22(35)14-12-21)28-20-36-29-9-5-3-7-25(28)29/h3-14,20,23-24,27,36H,15-19H2,1-2H3,(H,37,43)(H,38,39,40)/t23-,24+,27?. The van der Waals surface area contributed by atoms with Crippen molar-refractivity contribution in [3.05, 3.63) is 94.6 Å². The summed E-state index contributed by atoms with van der Waals surface area (Å²) in [6.45, 7) is 0. The molecule has 1 fully saturated rings. The normalized spacial score (nSPS) is 17.5. The number of anilines is 2. The Bertz CT molecular complexity index is 1760. The summed E-state index contributed by atoms with van der Waals surface area (Å²) in [5, 5.41) is 8.82. The fraction of sp³-hybridized carbons (Fsp3) is 0.294. The first-order valence-electron chi connectivity index (χ1n) is 14.7. The number of halogens is 1. The Labute approximate surface area is 259 Å². The first-order chi connectivity index (χ1) is 20.9. The molecule has 1 amide bonds. The summed E-state index contributed by atoms with van der Waals surface area (Å²) in [5.74, 6) is 0.743. The number of amides is 1. The second kappa shape index (κ2) is 12.6. The second-order valence-electron chi connectivity index (χ2n) is 11.5. The fourth-order valence-corrected chi connectivity index (χ4v) is 6.26. The molecule has 0 aliphatic heterocycles. The van der Waals surface area contributed by atoms with E-state index in [-0.39, 0.29) is 30.2 Å². The minimum Gasteiger partial charge on any atom is -0.362 e. The predicted molar refractivity (Wildman–Crippen MR) is 176 cm³/mol. The average Bonchev–Trinajstić information content (AvgIpc) is 3.44. The number of carbonyl (C=O) groups excluding carboxylic acids is 2. The van der Waals surface area contributed by atoms with Crippen LogP contribution in [0.1, 0.15) is 53.9 Å². The Kier molecular flexibility index (Phi) is 8.42. The van der Waals surface area contributed by atoms with Gasteiger partial charge in [-0.15, -0.1) is 0 Å². The number of carbonyl (C=O) groups is 2. The maximum atomic E-state index is 13.8. The minimum absolute atomic E-state index is 0.0379. The molecule has 0 bridgehead atoms. The number of nitrogens with one attached hydrogen (secondary N) is 3. The summed E-state index contributed by atoms with van der Waals surface area (Å²) >= 11 is 3.43. The highest BCUT2D eigenvalue weighted by Gasteiger charge is 2.30. The van der Waals surface area contributed by atoms with E-state index in [9.17, 15) is 9.59 Å². The minimum atomic E-state index is -0.599. The van der Waals surface area contributed by atoms with Crippen molar-refractivity contribution < 1.29 is 9.59 Å². The number of aromatic nitrogens is 3. The van der Waals surface area contributed by atoms with Gasteiger partial charge in [0.1, 0.15) is 5.82 Å². The Morgan fingerprint density at radius 1 is 0.907 bits per heavy atom. The Hall–Kier alpha value is -4.24. The molecule has 6 rings (SSSR count). The van der Waals surface area contributed by atoms with Gasteiger partial charge in [-0.3, -0.25) is 9.59 Å². The van der Waals surface area contributed by atoms with Gasteiger partial charge < -0.3 is 20.5 Å². The van der Waals surface area contributed by atoms with Crippen LogP contribution in [0.4, 0.5) is 11.8 Å². The van der Waals surface area contributed by atoms with E-state index >= 15 is 0 Å². The topological polar surface area (TPSA) is 103 Å². The third-order valence-electron chi connectivity index (χ3n) is 8.28. The third-order valence-corrected chi connectivity index (χ3v) is 8.81. The molecule has 8 nitrogen and oxygen atoms in total. The Morgan fingerprint density at radius 3 is 2.33 bits per heavy atom. The molecule has 220 valence electrons. The van der Waals surface area contributed by atoms with Gasteiger partial charge in [0.15, 0.2) is 5.78 Å². The van der Waals surface area contributed by atoms with Crippen LogP contribution in [-0.4, -0.2) is 52.8 Å². The Balaban J connectivity index is 1.14. The van der Waals surface area contributed by atoms with Crippen molar-refractivity contribution in [3.8, 4) is 0 Å². The lowest BCUT2D eigenvalue weighted by Gasteiger charge is -2.31. The number of hydrogen-bond donors (Lipinski definition) is 3. The van der Waals surface area contributed by atoms with E-state index in [2.05, 4.69) is 31.5 Å². The fourth-order valence-electron chi connectivity index (χ4n) is 6.00. The molecule has 0 radical (unpaired) electrons. The van der Waals surface area contributed by atoms with Crippen molar-refractivity contribution in [2.75, 3.05) is 24.3 Å². The molecule has 2 heterocycles. The SMILES string of the molecule is CN(C)c1nc(N[C@H]2CC[C@@H](NC(=O)C(CC(=O)c3ccc(Br)cc3)c3c[nH]c4ccccc34)CC2)nc2ccccc12. The van der Waals surface area contributed by atoms with Crippen LogP contribution in [0.2, 0.25) is 0 Å². The molecule has 0 saturated heterocycles. The molecule has 5 aromatic rings. The third kappa shape index (κ3) is 6.41. The van der Waals surface area contributed by atoms with Crippen LogP contribution in [0.3, 0.4) is 0 Å². The van der Waals surface area contributed by atoms with Crippen molar-refractivity contribution in [2.24, 2.45) is 0 Å². The van der Waals surface area contributed by atoms with Crippen LogP contribution >= 0.6 is 15.9 Å². The summed E-state index contributed by atoms with van der Waals surface area (Å²) in [5.41, 5.74) is 3.30. The van der Waals surface area contributed by atoms with Crippen molar-refractivity contribution in [1.82, 2.24) is 20.3 Å². The molecule has 43 heavy (non-hydrogen) atoms. The molecular weight excluding hydrogens is 604 g/mol. The van der Waals surface area contributed by atoms with Gasteiger partial charge in [0.2, 0.25) is 11.9 Å². The lowest BCUT2D eigenvalue weighted by atomic mass is 9.88. The lowest BCUT2D eigenvalue weighted by molar-refractivity contribution is -0.123. The van der Waals surface area contributed by atoms with E-state index in [4.69, 9.17) is 9.97 Å². The molecule has 1 atom stereocenters. The number of fused-ring (bicyclic) bond motifs is 2. The first kappa shape index (κ1) is 28.9. The van der Waals surface area contributed by atoms with E-state index in [1.54, 1.807) is 12.1 Å². The molecule has 1 unspecified atom stereocenters. The number of rotatable bonds is 9. The zero-order chi connectivity index (χ0) is 29.9. The summed E-state index contributed by atoms with van der Waals surface area (Å²) in [6.07, 6.45) is 5.40. The van der Waals surface area contributed by atoms with Crippen LogP contribution < -0.4 is 15.5 Å². The van der Waals surface area contributed by atoms with Crippen LogP contribution in [-0.2, 0) is 4.79 Å². The molecule has 1 aliphatic rings. The first-order valence-corrected chi connectivity index (χ1v) is 15.5. The number of benzene rings is 3. The number of ketones is 1. The van der Waals surface area contributed by atoms with Crippen molar-refractivity contribution in [2.45, 2.75) is 50.1 Å². The molecule has 1 aliphatic carbocycles. The van der Waals surface area contributed by atoms with Gasteiger partial charge in [-0.2, -0.15) is 4.98 Å². The van der Waals surface area contributed by atoms with Gasteiger partial charge >= 0.3 is 0 Å². The van der Waals surface area contributed by atoms with E-state index in [0.29, 0.717) is 11.5 Å². The monoisotopic (exact) mass is 638 g/mol. The van der Waals surface area contributed by atoms with Crippen LogP contribution in [0.5, 0.6) is 0 Å². The largest absolute Gasteiger partial charge is 0.362 e. The summed E-state index contributed by atoms with van der Waals surface area (Å²) < 4.78 is 0.908. The average molecular weight is 640 g/mol. The molecule has 1 saturated carbocycles. The Morgan fingerprint density at radius 2 is 1.58 bits per heavy atom. The van der Waals surface area contributed by atoms with E-state index in [1.165, 1.54) is 0 Å². The van der Waals surface area contributed by atoms with Gasteiger partial charge in [0.05, 0.1) is 11.4 Å². The highest BCUT2D eigenvalue weighted by atomic mass is 79.9. The van der Waals surface area contributed by atoms with Crippen molar-refractivity contribution >= 4 is 61.2 Å². The van der Waals surface area contributed by atoms with Crippen LogP contribution in [0.25, 0.3) is 21.8 Å². The quantitative estimate of drug-likeness (QED) is 0.153. The van der Waals surface area contributed by atoms with Gasteiger partial charge in [-0.25, -0.2) is 4.98 Å². The summed E-state index contributed by atoms with van der Waals surface area (Å²) in [4.78, 5) is 42.0. The van der Waals surface area contributed by atoms with Gasteiger partial charge in [0, 0.05) is 65.1 Å². The van der Waals surface area contributed by atoms with Crippen molar-refractivity contribution in [1.29, 1.82) is 0 Å². The smallest absolute Gasteiger partial charge is 0.228 e.